The van der Waals surface area contributed by atoms with Crippen LogP contribution in [-0.4, -0.2) is 54.8 Å². The molecule has 0 bridgehead atoms. The van der Waals surface area contributed by atoms with Gasteiger partial charge < -0.3 is 10.0 Å². The second kappa shape index (κ2) is 7.21. The molecule has 0 heterocycles. The van der Waals surface area contributed by atoms with Crippen molar-refractivity contribution in [3.63, 3.8) is 0 Å². The molecule has 1 atom stereocenters. The highest BCUT2D eigenvalue weighted by Gasteiger charge is 2.27. The number of sulfonamides is 1. The molecule has 0 rings (SSSR count). The lowest BCUT2D eigenvalue weighted by Gasteiger charge is -2.30. The minimum atomic E-state index is -3.42. The van der Waals surface area contributed by atoms with Crippen LogP contribution in [0.2, 0.25) is 0 Å². The minimum Gasteiger partial charge on any atom is -0.389 e. The van der Waals surface area contributed by atoms with E-state index in [0.29, 0.717) is 13.0 Å². The first-order chi connectivity index (χ1) is 8.52. The summed E-state index contributed by atoms with van der Waals surface area (Å²) in [6.45, 7) is 8.87. The van der Waals surface area contributed by atoms with Crippen molar-refractivity contribution in [1.82, 2.24) is 9.62 Å². The Kier molecular flexibility index (Phi) is 6.96. The third-order valence-electron chi connectivity index (χ3n) is 2.47. The predicted molar refractivity (Wildman–Crippen MR) is 75.2 cm³/mol. The van der Waals surface area contributed by atoms with Crippen LogP contribution in [0, 0.1) is 0 Å². The van der Waals surface area contributed by atoms with Crippen molar-refractivity contribution in [2.75, 3.05) is 18.8 Å². The van der Waals surface area contributed by atoms with Crippen LogP contribution in [0.5, 0.6) is 0 Å². The molecule has 0 aliphatic rings. The zero-order valence-corrected chi connectivity index (χ0v) is 13.2. The van der Waals surface area contributed by atoms with E-state index in [0.717, 1.165) is 0 Å². The summed E-state index contributed by atoms with van der Waals surface area (Å²) < 4.78 is 25.6. The van der Waals surface area contributed by atoms with E-state index in [4.69, 9.17) is 0 Å². The molecule has 7 heteroatoms. The Labute approximate surface area is 116 Å². The van der Waals surface area contributed by atoms with Gasteiger partial charge in [0, 0.05) is 13.1 Å². The number of rotatable bonds is 8. The molecule has 0 fully saturated rings. The molecule has 2 N–H and O–H groups in total. The number of amides is 1. The fraction of sp³-hybridized carbons (Fsp3) is 0.917. The summed E-state index contributed by atoms with van der Waals surface area (Å²) in [5.74, 6) is -0.327. The number of hydrogen-bond acceptors (Lipinski definition) is 4. The van der Waals surface area contributed by atoms with Crippen LogP contribution >= 0.6 is 0 Å². The van der Waals surface area contributed by atoms with E-state index in [2.05, 4.69) is 4.72 Å². The summed E-state index contributed by atoms with van der Waals surface area (Å²) in [5, 5.41) is 9.73. The third-order valence-corrected chi connectivity index (χ3v) is 4.13. The Morgan fingerprint density at radius 3 is 2.26 bits per heavy atom. The first kappa shape index (κ1) is 18.3. The topological polar surface area (TPSA) is 86.7 Å². The molecule has 0 aromatic heterocycles. The number of hydrogen-bond donors (Lipinski definition) is 2. The molecule has 0 spiro atoms. The van der Waals surface area contributed by atoms with Gasteiger partial charge in [-0.3, -0.25) is 4.79 Å². The highest BCUT2D eigenvalue weighted by Crippen LogP contribution is 2.07. The van der Waals surface area contributed by atoms with Crippen LogP contribution in [0.1, 0.15) is 41.0 Å². The fourth-order valence-electron chi connectivity index (χ4n) is 1.73. The third kappa shape index (κ3) is 7.49. The molecule has 1 amide bonds. The summed E-state index contributed by atoms with van der Waals surface area (Å²) in [4.78, 5) is 13.6. The van der Waals surface area contributed by atoms with Gasteiger partial charge in [0.15, 0.2) is 0 Å². The molecule has 6 nitrogen and oxygen atoms in total. The SMILES string of the molecule is CCCS(=O)(=O)NC(C)C(=O)N(CC)CC(C)(C)O. The van der Waals surface area contributed by atoms with E-state index in [9.17, 15) is 18.3 Å². The molecule has 1 unspecified atom stereocenters. The first-order valence-corrected chi connectivity index (χ1v) is 8.18. The number of aliphatic hydroxyl groups is 1. The van der Waals surface area contributed by atoms with Gasteiger partial charge in [0.05, 0.1) is 17.4 Å². The van der Waals surface area contributed by atoms with Gasteiger partial charge in [-0.1, -0.05) is 6.92 Å². The van der Waals surface area contributed by atoms with Gasteiger partial charge >= 0.3 is 0 Å². The van der Waals surface area contributed by atoms with Crippen molar-refractivity contribution in [2.45, 2.75) is 52.7 Å². The smallest absolute Gasteiger partial charge is 0.240 e. The molecule has 114 valence electrons. The molecule has 0 aliphatic heterocycles. The van der Waals surface area contributed by atoms with Crippen molar-refractivity contribution >= 4 is 15.9 Å². The maximum Gasteiger partial charge on any atom is 0.240 e. The van der Waals surface area contributed by atoms with E-state index >= 15 is 0 Å². The lowest BCUT2D eigenvalue weighted by atomic mass is 10.1. The van der Waals surface area contributed by atoms with E-state index in [1.165, 1.54) is 11.8 Å². The van der Waals surface area contributed by atoms with E-state index in [-0.39, 0.29) is 18.2 Å². The van der Waals surface area contributed by atoms with Crippen LogP contribution in [-0.2, 0) is 14.8 Å². The zero-order valence-electron chi connectivity index (χ0n) is 12.4. The Morgan fingerprint density at radius 2 is 1.89 bits per heavy atom. The maximum absolute atomic E-state index is 12.1. The van der Waals surface area contributed by atoms with Crippen molar-refractivity contribution in [3.8, 4) is 0 Å². The summed E-state index contributed by atoms with van der Waals surface area (Å²) in [6, 6.07) is -0.821. The molecule has 0 aromatic rings. The summed E-state index contributed by atoms with van der Waals surface area (Å²) in [5.41, 5.74) is -1.01. The Morgan fingerprint density at radius 1 is 1.37 bits per heavy atom. The van der Waals surface area contributed by atoms with Gasteiger partial charge in [-0.2, -0.15) is 0 Å². The summed E-state index contributed by atoms with van der Waals surface area (Å²) in [6.07, 6.45) is 0.497. The normalized spacial score (nSPS) is 14.2. The van der Waals surface area contributed by atoms with Crippen molar-refractivity contribution in [3.05, 3.63) is 0 Å². The van der Waals surface area contributed by atoms with E-state index < -0.39 is 21.7 Å². The second-order valence-electron chi connectivity index (χ2n) is 5.32. The standard InChI is InChI=1S/C12H26N2O4S/c1-6-8-19(17,18)13-10(3)11(15)14(7-2)9-12(4,5)16/h10,13,16H,6-9H2,1-5H3. The van der Waals surface area contributed by atoms with Crippen LogP contribution < -0.4 is 4.72 Å². The van der Waals surface area contributed by atoms with Crippen LogP contribution in [0.25, 0.3) is 0 Å². The van der Waals surface area contributed by atoms with Crippen molar-refractivity contribution in [1.29, 1.82) is 0 Å². The largest absolute Gasteiger partial charge is 0.389 e. The molecule has 0 aromatic carbocycles. The lowest BCUT2D eigenvalue weighted by molar-refractivity contribution is -0.135. The van der Waals surface area contributed by atoms with Gasteiger partial charge in [-0.05, 0) is 34.1 Å². The van der Waals surface area contributed by atoms with Gasteiger partial charge in [-0.25, -0.2) is 13.1 Å². The number of carbonyl (C=O) groups is 1. The minimum absolute atomic E-state index is 0.00222. The zero-order chi connectivity index (χ0) is 15.3. The predicted octanol–water partition coefficient (Wildman–Crippen LogP) is 0.324. The maximum atomic E-state index is 12.1. The van der Waals surface area contributed by atoms with Gasteiger partial charge in [0.2, 0.25) is 15.9 Å². The van der Waals surface area contributed by atoms with Gasteiger partial charge in [0.1, 0.15) is 0 Å². The number of nitrogens with one attached hydrogen (secondary N) is 1. The van der Waals surface area contributed by atoms with Crippen LogP contribution in [0.15, 0.2) is 0 Å². The number of nitrogens with zero attached hydrogens (tertiary/aromatic N) is 1. The Bertz CT molecular complexity index is 387. The molecular weight excluding hydrogens is 268 g/mol. The average Bonchev–Trinajstić information content (AvgIpc) is 2.22. The average molecular weight is 294 g/mol. The summed E-state index contributed by atoms with van der Waals surface area (Å²) >= 11 is 0. The van der Waals surface area contributed by atoms with E-state index in [1.807, 2.05) is 0 Å². The van der Waals surface area contributed by atoms with Crippen LogP contribution in [0.3, 0.4) is 0 Å². The van der Waals surface area contributed by atoms with Crippen molar-refractivity contribution in [2.24, 2.45) is 0 Å². The Hall–Kier alpha value is -0.660. The monoisotopic (exact) mass is 294 g/mol. The van der Waals surface area contributed by atoms with Gasteiger partial charge in [-0.15, -0.1) is 0 Å². The number of likely N-dealkylation sites (N-methyl/N-ethyl adjacent to an activating group) is 1. The second-order valence-corrected chi connectivity index (χ2v) is 7.20. The molecule has 0 saturated heterocycles. The number of carbonyl (C=O) groups excluding carboxylic acids is 1. The Balaban J connectivity index is 4.70. The van der Waals surface area contributed by atoms with Crippen LogP contribution in [0.4, 0.5) is 0 Å². The molecule has 0 aliphatic carbocycles. The highest BCUT2D eigenvalue weighted by molar-refractivity contribution is 7.89. The lowest BCUT2D eigenvalue weighted by Crippen LogP contribution is -2.50. The highest BCUT2D eigenvalue weighted by atomic mass is 32.2. The first-order valence-electron chi connectivity index (χ1n) is 6.53. The molecule has 0 radical (unpaired) electrons. The van der Waals surface area contributed by atoms with Gasteiger partial charge in [0.25, 0.3) is 0 Å². The van der Waals surface area contributed by atoms with E-state index in [1.54, 1.807) is 27.7 Å². The molecular formula is C12H26N2O4S. The summed E-state index contributed by atoms with van der Waals surface area (Å²) in [7, 11) is -3.42. The molecule has 19 heavy (non-hydrogen) atoms. The fourth-order valence-corrected chi connectivity index (χ4v) is 3.03. The van der Waals surface area contributed by atoms with Crippen molar-refractivity contribution < 1.29 is 18.3 Å². The quantitative estimate of drug-likeness (QED) is 0.675. The molecule has 0 saturated carbocycles.